The first kappa shape index (κ1) is 14.1. The lowest BCUT2D eigenvalue weighted by molar-refractivity contribution is 0.0697. The number of hydrogen-bond donors (Lipinski definition) is 2. The summed E-state index contributed by atoms with van der Waals surface area (Å²) in [6, 6.07) is 1.48. The van der Waals surface area contributed by atoms with Gasteiger partial charge in [-0.2, -0.15) is 16.9 Å². The largest absolute Gasteiger partial charge is 0.478 e. The summed E-state index contributed by atoms with van der Waals surface area (Å²) in [6.07, 6.45) is 9.66. The normalized spacial score (nSPS) is 17.9. The second kappa shape index (κ2) is 6.23. The van der Waals surface area contributed by atoms with E-state index in [0.29, 0.717) is 5.82 Å². The van der Waals surface area contributed by atoms with Crippen molar-refractivity contribution in [3.8, 4) is 0 Å². The molecule has 104 valence electrons. The fourth-order valence-corrected chi connectivity index (χ4v) is 3.44. The summed E-state index contributed by atoms with van der Waals surface area (Å²) in [6.45, 7) is 0.743. The molecule has 0 radical (unpaired) electrons. The van der Waals surface area contributed by atoms with Gasteiger partial charge in [0.25, 0.3) is 0 Å². The zero-order chi connectivity index (χ0) is 13.7. The molecule has 5 nitrogen and oxygen atoms in total. The Kier molecular flexibility index (Phi) is 4.63. The molecule has 1 heterocycles. The first-order valence-electron chi connectivity index (χ1n) is 6.51. The van der Waals surface area contributed by atoms with Gasteiger partial charge in [-0.05, 0) is 25.2 Å². The Hall–Kier alpha value is -1.30. The van der Waals surface area contributed by atoms with Crippen molar-refractivity contribution >= 4 is 23.5 Å². The van der Waals surface area contributed by atoms with Crippen LogP contribution in [0.15, 0.2) is 12.3 Å². The maximum absolute atomic E-state index is 11.1. The smallest absolute Gasteiger partial charge is 0.339 e. The van der Waals surface area contributed by atoms with Gasteiger partial charge in [0.05, 0.1) is 6.20 Å². The minimum absolute atomic E-state index is 0.182. The Morgan fingerprint density at radius 3 is 2.84 bits per heavy atom. The van der Waals surface area contributed by atoms with E-state index in [1.54, 1.807) is 0 Å². The molecule has 0 atom stereocenters. The average molecular weight is 281 g/mol. The summed E-state index contributed by atoms with van der Waals surface area (Å²) < 4.78 is 0.200. The lowest BCUT2D eigenvalue weighted by atomic mass is 9.88. The van der Waals surface area contributed by atoms with E-state index in [4.69, 9.17) is 5.11 Å². The van der Waals surface area contributed by atoms with E-state index in [1.807, 2.05) is 11.8 Å². The Morgan fingerprint density at radius 1 is 1.47 bits per heavy atom. The van der Waals surface area contributed by atoms with Gasteiger partial charge in [-0.15, -0.1) is 5.10 Å². The first-order chi connectivity index (χ1) is 9.17. The molecule has 0 bridgehead atoms. The van der Waals surface area contributed by atoms with Crippen molar-refractivity contribution in [1.82, 2.24) is 10.2 Å². The van der Waals surface area contributed by atoms with Crippen molar-refractivity contribution in [1.29, 1.82) is 0 Å². The van der Waals surface area contributed by atoms with Gasteiger partial charge in [-0.25, -0.2) is 4.79 Å². The van der Waals surface area contributed by atoms with Crippen LogP contribution in [0.2, 0.25) is 0 Å². The van der Waals surface area contributed by atoms with E-state index in [9.17, 15) is 4.79 Å². The highest BCUT2D eigenvalue weighted by Crippen LogP contribution is 2.38. The summed E-state index contributed by atoms with van der Waals surface area (Å²) in [5.41, 5.74) is 0.182. The summed E-state index contributed by atoms with van der Waals surface area (Å²) in [5, 5.41) is 19.9. The molecule has 1 aliphatic carbocycles. The summed E-state index contributed by atoms with van der Waals surface area (Å²) in [4.78, 5) is 11.1. The van der Waals surface area contributed by atoms with Gasteiger partial charge in [-0.3, -0.25) is 0 Å². The van der Waals surface area contributed by atoms with Gasteiger partial charge in [0, 0.05) is 11.3 Å². The number of nitrogens with one attached hydrogen (secondary N) is 1. The Morgan fingerprint density at radius 2 is 2.21 bits per heavy atom. The summed E-state index contributed by atoms with van der Waals surface area (Å²) in [7, 11) is 0. The van der Waals surface area contributed by atoms with Gasteiger partial charge in [-0.1, -0.05) is 19.3 Å². The van der Waals surface area contributed by atoms with E-state index in [0.717, 1.165) is 6.54 Å². The van der Waals surface area contributed by atoms with Crippen LogP contribution < -0.4 is 5.32 Å². The lowest BCUT2D eigenvalue weighted by Gasteiger charge is -2.36. The van der Waals surface area contributed by atoms with Gasteiger partial charge >= 0.3 is 5.97 Å². The summed E-state index contributed by atoms with van der Waals surface area (Å²) in [5.74, 6) is -0.603. The van der Waals surface area contributed by atoms with Crippen LogP contribution in [-0.2, 0) is 0 Å². The predicted molar refractivity (Wildman–Crippen MR) is 76.8 cm³/mol. The van der Waals surface area contributed by atoms with E-state index in [1.165, 1.54) is 44.4 Å². The molecular formula is C13H19N3O2S. The van der Waals surface area contributed by atoms with Crippen LogP contribution in [0.1, 0.15) is 42.5 Å². The molecule has 2 N–H and O–H groups in total. The zero-order valence-electron chi connectivity index (χ0n) is 11.1. The van der Waals surface area contributed by atoms with Crippen molar-refractivity contribution in [2.24, 2.45) is 0 Å². The van der Waals surface area contributed by atoms with Gasteiger partial charge < -0.3 is 10.4 Å². The topological polar surface area (TPSA) is 75.1 Å². The molecule has 1 aromatic rings. The molecule has 2 rings (SSSR count). The number of aromatic carboxylic acids is 1. The molecular weight excluding hydrogens is 262 g/mol. The van der Waals surface area contributed by atoms with Gasteiger partial charge in [0.2, 0.25) is 0 Å². The maximum atomic E-state index is 11.1. The molecule has 1 aliphatic rings. The second-order valence-corrected chi connectivity index (χ2v) is 6.17. The van der Waals surface area contributed by atoms with Crippen molar-refractivity contribution in [2.75, 3.05) is 18.1 Å². The predicted octanol–water partition coefficient (Wildman–Crippen LogP) is 2.65. The van der Waals surface area contributed by atoms with Gasteiger partial charge in [0.15, 0.2) is 5.82 Å². The lowest BCUT2D eigenvalue weighted by Crippen LogP contribution is -2.36. The number of rotatable bonds is 5. The number of nitrogens with zero attached hydrogens (tertiary/aromatic N) is 2. The molecule has 0 aromatic carbocycles. The Labute approximate surface area is 117 Å². The average Bonchev–Trinajstić information content (AvgIpc) is 2.46. The highest BCUT2D eigenvalue weighted by atomic mass is 32.2. The highest BCUT2D eigenvalue weighted by molar-refractivity contribution is 8.00. The van der Waals surface area contributed by atoms with E-state index < -0.39 is 5.97 Å². The van der Waals surface area contributed by atoms with Crippen LogP contribution in [0.25, 0.3) is 0 Å². The minimum Gasteiger partial charge on any atom is -0.478 e. The third-order valence-electron chi connectivity index (χ3n) is 3.73. The first-order valence-corrected chi connectivity index (χ1v) is 7.73. The van der Waals surface area contributed by atoms with Gasteiger partial charge in [0.1, 0.15) is 5.56 Å². The van der Waals surface area contributed by atoms with Crippen LogP contribution >= 0.6 is 11.8 Å². The molecule has 6 heteroatoms. The molecule has 0 amide bonds. The third-order valence-corrected chi connectivity index (χ3v) is 5.15. The highest BCUT2D eigenvalue weighted by Gasteiger charge is 2.31. The van der Waals surface area contributed by atoms with E-state index in [2.05, 4.69) is 21.8 Å². The quantitative estimate of drug-likeness (QED) is 0.864. The summed E-state index contributed by atoms with van der Waals surface area (Å²) >= 11 is 1.87. The Bertz CT molecular complexity index is 447. The van der Waals surface area contributed by atoms with Crippen molar-refractivity contribution < 1.29 is 9.90 Å². The molecule has 0 aliphatic heterocycles. The van der Waals surface area contributed by atoms with Crippen LogP contribution in [0, 0.1) is 0 Å². The van der Waals surface area contributed by atoms with Crippen LogP contribution in [-0.4, -0.2) is 38.8 Å². The molecule has 1 saturated carbocycles. The van der Waals surface area contributed by atoms with Crippen LogP contribution in [0.5, 0.6) is 0 Å². The van der Waals surface area contributed by atoms with Crippen molar-refractivity contribution in [2.45, 2.75) is 36.9 Å². The zero-order valence-corrected chi connectivity index (χ0v) is 11.9. The molecule has 0 spiro atoms. The number of carboxylic acid groups (broad SMARTS) is 1. The number of carbonyl (C=O) groups is 1. The molecule has 1 aromatic heterocycles. The number of carboxylic acids is 1. The Balaban J connectivity index is 2.07. The van der Waals surface area contributed by atoms with E-state index >= 15 is 0 Å². The molecule has 0 saturated heterocycles. The second-order valence-electron chi connectivity index (χ2n) is 4.90. The van der Waals surface area contributed by atoms with Crippen molar-refractivity contribution in [3.63, 3.8) is 0 Å². The van der Waals surface area contributed by atoms with E-state index in [-0.39, 0.29) is 10.3 Å². The van der Waals surface area contributed by atoms with Crippen LogP contribution in [0.4, 0.5) is 5.82 Å². The molecule has 0 unspecified atom stereocenters. The standard InChI is InChI=1S/C13H19N3O2S/c1-19-13(6-3-2-4-7-13)9-14-11-10(12(17)18)5-8-15-16-11/h5,8H,2-4,6-7,9H2,1H3,(H,14,16)(H,17,18). The number of hydrogen-bond acceptors (Lipinski definition) is 5. The van der Waals surface area contributed by atoms with Crippen molar-refractivity contribution in [3.05, 3.63) is 17.8 Å². The number of thioether (sulfide) groups is 1. The fraction of sp³-hybridized carbons (Fsp3) is 0.615. The number of aromatic nitrogens is 2. The fourth-order valence-electron chi connectivity index (χ4n) is 2.53. The monoisotopic (exact) mass is 281 g/mol. The third kappa shape index (κ3) is 3.37. The van der Waals surface area contributed by atoms with Crippen LogP contribution in [0.3, 0.4) is 0 Å². The molecule has 19 heavy (non-hydrogen) atoms. The maximum Gasteiger partial charge on any atom is 0.339 e. The minimum atomic E-state index is -0.973. The molecule has 1 fully saturated rings. The number of anilines is 1. The SMILES string of the molecule is CSC1(CNc2nnccc2C(=O)O)CCCCC1.